The van der Waals surface area contributed by atoms with Gasteiger partial charge in [0.1, 0.15) is 0 Å². The van der Waals surface area contributed by atoms with E-state index in [9.17, 15) is 0 Å². The molecule has 0 bridgehead atoms. The van der Waals surface area contributed by atoms with E-state index >= 15 is 0 Å². The van der Waals surface area contributed by atoms with E-state index in [1.807, 2.05) is 19.1 Å². The molecule has 14 heavy (non-hydrogen) atoms. The summed E-state index contributed by atoms with van der Waals surface area (Å²) in [4.78, 5) is 0. The molecule has 1 aromatic rings. The molecule has 0 spiro atoms. The Kier molecular flexibility index (Phi) is 3.92. The van der Waals surface area contributed by atoms with Crippen molar-refractivity contribution >= 4 is 5.69 Å². The van der Waals surface area contributed by atoms with Crippen molar-refractivity contribution < 1.29 is 9.47 Å². The number of hydrogen-bond acceptors (Lipinski definition) is 3. The van der Waals surface area contributed by atoms with Crippen LogP contribution in [0, 0.1) is 6.92 Å². The standard InChI is InChI=1S/C11H17NO2/c1-8-4-5-10(12)9(6-8)7-11(13-2)14-3/h4-6,11H,7,12H2,1-3H3. The van der Waals surface area contributed by atoms with Crippen LogP contribution in [-0.4, -0.2) is 20.5 Å². The van der Waals surface area contributed by atoms with Gasteiger partial charge in [0.25, 0.3) is 0 Å². The van der Waals surface area contributed by atoms with Crippen LogP contribution in [0.1, 0.15) is 11.1 Å². The fraction of sp³-hybridized carbons (Fsp3) is 0.455. The van der Waals surface area contributed by atoms with Crippen molar-refractivity contribution in [1.29, 1.82) is 0 Å². The zero-order chi connectivity index (χ0) is 10.6. The molecule has 1 rings (SSSR count). The second kappa shape index (κ2) is 4.98. The number of aryl methyl sites for hydroxylation is 1. The van der Waals surface area contributed by atoms with Crippen LogP contribution in [0.5, 0.6) is 0 Å². The van der Waals surface area contributed by atoms with Gasteiger partial charge >= 0.3 is 0 Å². The Morgan fingerprint density at radius 2 is 1.93 bits per heavy atom. The summed E-state index contributed by atoms with van der Waals surface area (Å²) < 4.78 is 10.2. The van der Waals surface area contributed by atoms with Gasteiger partial charge in [-0.05, 0) is 18.6 Å². The van der Waals surface area contributed by atoms with Crippen molar-refractivity contribution in [2.45, 2.75) is 19.6 Å². The monoisotopic (exact) mass is 195 g/mol. The van der Waals surface area contributed by atoms with E-state index in [1.165, 1.54) is 5.56 Å². The maximum absolute atomic E-state index is 5.84. The van der Waals surface area contributed by atoms with Crippen LogP contribution in [0.2, 0.25) is 0 Å². The van der Waals surface area contributed by atoms with Gasteiger partial charge in [-0.2, -0.15) is 0 Å². The molecule has 2 N–H and O–H groups in total. The van der Waals surface area contributed by atoms with E-state index in [1.54, 1.807) is 14.2 Å². The summed E-state index contributed by atoms with van der Waals surface area (Å²) in [5.74, 6) is 0. The van der Waals surface area contributed by atoms with E-state index in [0.717, 1.165) is 11.3 Å². The maximum atomic E-state index is 5.84. The molecule has 0 aliphatic heterocycles. The second-order valence-corrected chi connectivity index (χ2v) is 3.31. The largest absolute Gasteiger partial charge is 0.399 e. The van der Waals surface area contributed by atoms with Crippen molar-refractivity contribution in [3.8, 4) is 0 Å². The molecule has 0 fully saturated rings. The van der Waals surface area contributed by atoms with Crippen molar-refractivity contribution in [2.75, 3.05) is 20.0 Å². The van der Waals surface area contributed by atoms with E-state index in [0.29, 0.717) is 6.42 Å². The third-order valence-corrected chi connectivity index (χ3v) is 2.21. The molecule has 78 valence electrons. The highest BCUT2D eigenvalue weighted by Crippen LogP contribution is 2.16. The van der Waals surface area contributed by atoms with Crippen LogP contribution < -0.4 is 5.73 Å². The second-order valence-electron chi connectivity index (χ2n) is 3.31. The van der Waals surface area contributed by atoms with Gasteiger partial charge in [-0.3, -0.25) is 0 Å². The molecule has 0 atom stereocenters. The minimum absolute atomic E-state index is 0.223. The third-order valence-electron chi connectivity index (χ3n) is 2.21. The van der Waals surface area contributed by atoms with Crippen LogP contribution in [0.4, 0.5) is 5.69 Å². The summed E-state index contributed by atoms with van der Waals surface area (Å²) in [7, 11) is 3.25. The Balaban J connectivity index is 2.79. The summed E-state index contributed by atoms with van der Waals surface area (Å²) in [6, 6.07) is 5.96. The zero-order valence-corrected chi connectivity index (χ0v) is 8.91. The first-order chi connectivity index (χ1) is 6.67. The Morgan fingerprint density at radius 1 is 1.29 bits per heavy atom. The van der Waals surface area contributed by atoms with Crippen LogP contribution in [0.15, 0.2) is 18.2 Å². The molecular weight excluding hydrogens is 178 g/mol. The summed E-state index contributed by atoms with van der Waals surface area (Å²) in [6.45, 7) is 2.04. The molecular formula is C11H17NO2. The highest BCUT2D eigenvalue weighted by molar-refractivity contribution is 5.48. The van der Waals surface area contributed by atoms with Gasteiger partial charge < -0.3 is 15.2 Å². The Morgan fingerprint density at radius 3 is 2.50 bits per heavy atom. The average molecular weight is 195 g/mol. The summed E-state index contributed by atoms with van der Waals surface area (Å²) in [5, 5.41) is 0. The van der Waals surface area contributed by atoms with Gasteiger partial charge in [0.15, 0.2) is 6.29 Å². The molecule has 0 heterocycles. The number of nitrogen functional groups attached to an aromatic ring is 1. The molecule has 0 aliphatic rings. The van der Waals surface area contributed by atoms with Crippen molar-refractivity contribution in [1.82, 2.24) is 0 Å². The minimum atomic E-state index is -0.223. The van der Waals surface area contributed by atoms with Crippen LogP contribution in [-0.2, 0) is 15.9 Å². The first-order valence-corrected chi connectivity index (χ1v) is 4.58. The highest BCUT2D eigenvalue weighted by Gasteiger charge is 2.08. The number of methoxy groups -OCH3 is 2. The first-order valence-electron chi connectivity index (χ1n) is 4.58. The van der Waals surface area contributed by atoms with Crippen molar-refractivity contribution in [3.63, 3.8) is 0 Å². The zero-order valence-electron chi connectivity index (χ0n) is 8.91. The predicted molar refractivity (Wildman–Crippen MR) is 57.1 cm³/mol. The Labute approximate surface area is 84.8 Å². The Bertz CT molecular complexity index is 295. The molecule has 0 saturated carbocycles. The molecule has 0 radical (unpaired) electrons. The summed E-state index contributed by atoms with van der Waals surface area (Å²) in [5.41, 5.74) is 8.89. The number of rotatable bonds is 4. The van der Waals surface area contributed by atoms with Gasteiger partial charge in [0.05, 0.1) is 0 Å². The average Bonchev–Trinajstić information content (AvgIpc) is 2.19. The van der Waals surface area contributed by atoms with E-state index < -0.39 is 0 Å². The third kappa shape index (κ3) is 2.72. The quantitative estimate of drug-likeness (QED) is 0.588. The highest BCUT2D eigenvalue weighted by atomic mass is 16.7. The van der Waals surface area contributed by atoms with E-state index in [-0.39, 0.29) is 6.29 Å². The van der Waals surface area contributed by atoms with Crippen LogP contribution in [0.25, 0.3) is 0 Å². The lowest BCUT2D eigenvalue weighted by molar-refractivity contribution is -0.100. The molecule has 0 amide bonds. The fourth-order valence-corrected chi connectivity index (χ4v) is 1.35. The molecule has 0 saturated heterocycles. The summed E-state index contributed by atoms with van der Waals surface area (Å²) in [6.07, 6.45) is 0.458. The smallest absolute Gasteiger partial charge is 0.160 e. The van der Waals surface area contributed by atoms with Crippen LogP contribution >= 0.6 is 0 Å². The van der Waals surface area contributed by atoms with E-state index in [4.69, 9.17) is 15.2 Å². The first kappa shape index (κ1) is 11.0. The van der Waals surface area contributed by atoms with Gasteiger partial charge in [0, 0.05) is 26.3 Å². The maximum Gasteiger partial charge on any atom is 0.160 e. The molecule has 3 nitrogen and oxygen atoms in total. The SMILES string of the molecule is COC(Cc1cc(C)ccc1N)OC. The summed E-state index contributed by atoms with van der Waals surface area (Å²) >= 11 is 0. The topological polar surface area (TPSA) is 44.5 Å². The van der Waals surface area contributed by atoms with Crippen molar-refractivity contribution in [2.24, 2.45) is 0 Å². The van der Waals surface area contributed by atoms with Gasteiger partial charge in [-0.25, -0.2) is 0 Å². The Hall–Kier alpha value is -1.06. The molecule has 0 aromatic heterocycles. The fourth-order valence-electron chi connectivity index (χ4n) is 1.35. The van der Waals surface area contributed by atoms with Gasteiger partial charge in [-0.1, -0.05) is 17.7 Å². The van der Waals surface area contributed by atoms with Crippen LogP contribution in [0.3, 0.4) is 0 Å². The normalized spacial score (nSPS) is 10.9. The number of nitrogens with two attached hydrogens (primary N) is 1. The van der Waals surface area contributed by atoms with Crippen molar-refractivity contribution in [3.05, 3.63) is 29.3 Å². The lowest BCUT2D eigenvalue weighted by atomic mass is 10.1. The lowest BCUT2D eigenvalue weighted by Crippen LogP contribution is -2.17. The van der Waals surface area contributed by atoms with Gasteiger partial charge in [-0.15, -0.1) is 0 Å². The number of benzene rings is 1. The molecule has 0 unspecified atom stereocenters. The van der Waals surface area contributed by atoms with E-state index in [2.05, 4.69) is 6.07 Å². The number of hydrogen-bond donors (Lipinski definition) is 1. The molecule has 1 aromatic carbocycles. The molecule has 0 aliphatic carbocycles. The predicted octanol–water partition coefficient (Wildman–Crippen LogP) is 1.74. The lowest BCUT2D eigenvalue weighted by Gasteiger charge is -2.14. The number of anilines is 1. The van der Waals surface area contributed by atoms with Gasteiger partial charge in [0.2, 0.25) is 0 Å². The minimum Gasteiger partial charge on any atom is -0.399 e. The molecule has 3 heteroatoms. The number of ether oxygens (including phenoxy) is 2.